The quantitative estimate of drug-likeness (QED) is 0.0280. The van der Waals surface area contributed by atoms with Crippen LogP contribution in [0, 0.1) is 107 Å². The van der Waals surface area contributed by atoms with E-state index in [2.05, 4.69) is 238 Å². The van der Waals surface area contributed by atoms with E-state index in [0.29, 0.717) is 114 Å². The Hall–Kier alpha value is -15.0. The maximum Gasteiger partial charge on any atom is 0.328 e. The molecule has 4 amide bonds. The molecule has 10 aromatic heterocycles. The molecule has 11 rings (SSSR count). The van der Waals surface area contributed by atoms with E-state index in [9.17, 15) is 47.9 Å². The lowest BCUT2D eigenvalue weighted by atomic mass is 10.0. The molecular weight excluding hydrogens is 1800 g/mol. The van der Waals surface area contributed by atoms with Crippen molar-refractivity contribution in [2.45, 2.75) is 286 Å². The van der Waals surface area contributed by atoms with Gasteiger partial charge in [0.25, 0.3) is 22.2 Å². The number of amides is 4. The van der Waals surface area contributed by atoms with Crippen LogP contribution in [0.15, 0.2) is 90.4 Å². The van der Waals surface area contributed by atoms with Crippen molar-refractivity contribution in [3.63, 3.8) is 0 Å². The van der Waals surface area contributed by atoms with Gasteiger partial charge in [-0.05, 0) is 151 Å². The fraction of sp³-hybridized carbons (Fsp3) is 0.500. The van der Waals surface area contributed by atoms with Crippen LogP contribution in [-0.2, 0) is 14.4 Å². The zero-order chi connectivity index (χ0) is 106. The lowest BCUT2D eigenvalue weighted by Gasteiger charge is -2.30. The number of aromatic nitrogens is 16. The van der Waals surface area contributed by atoms with E-state index in [1.54, 1.807) is 24.9 Å². The number of hydrogen-bond donors (Lipinski definition) is 15. The second kappa shape index (κ2) is 56.9. The van der Waals surface area contributed by atoms with Gasteiger partial charge in [0.05, 0.1) is 82.1 Å². The van der Waals surface area contributed by atoms with Gasteiger partial charge in [-0.1, -0.05) is 138 Å². The number of carbonyl (C=O) groups is 4. The van der Waals surface area contributed by atoms with Crippen molar-refractivity contribution in [3.8, 4) is 82.9 Å². The summed E-state index contributed by atoms with van der Waals surface area (Å²) in [5, 5.41) is 20.2. The molecule has 0 fully saturated rings. The number of anilines is 4. The molecule has 11 heterocycles. The van der Waals surface area contributed by atoms with E-state index in [-0.39, 0.29) is 113 Å². The highest BCUT2D eigenvalue weighted by atomic mass is 16.2. The van der Waals surface area contributed by atoms with Crippen molar-refractivity contribution < 1.29 is 19.2 Å². The van der Waals surface area contributed by atoms with Gasteiger partial charge in [-0.25, -0.2) is 34.3 Å². The number of H-pyrrole nitrogens is 4. The highest BCUT2D eigenvalue weighted by Gasteiger charge is 2.26. The van der Waals surface area contributed by atoms with Crippen LogP contribution in [0.2, 0.25) is 0 Å². The average molecular weight is 1950 g/mol. The number of ketones is 1. The van der Waals surface area contributed by atoms with Gasteiger partial charge >= 0.3 is 17.4 Å². The van der Waals surface area contributed by atoms with Crippen LogP contribution in [0.25, 0.3) is 44.1 Å². The summed E-state index contributed by atoms with van der Waals surface area (Å²) in [6.07, 6.45) is 17.5. The number of fused-ring (bicyclic) bond motifs is 4. The minimum Gasteiger partial charge on any atom is -0.383 e. The molecule has 762 valence electrons. The van der Waals surface area contributed by atoms with Crippen molar-refractivity contribution in [2.75, 3.05) is 55.7 Å². The first-order valence-electron chi connectivity index (χ1n) is 47.8. The van der Waals surface area contributed by atoms with Gasteiger partial charge < -0.3 is 78.8 Å². The maximum atomic E-state index is 12.2. The maximum absolute atomic E-state index is 12.2. The van der Waals surface area contributed by atoms with E-state index in [4.69, 9.17) is 28.7 Å². The molecule has 0 spiro atoms. The Labute approximate surface area is 831 Å². The summed E-state index contributed by atoms with van der Waals surface area (Å²) < 4.78 is 10.8. The van der Waals surface area contributed by atoms with Crippen LogP contribution < -0.4 is 94.2 Å². The van der Waals surface area contributed by atoms with Crippen molar-refractivity contribution in [1.29, 1.82) is 0 Å². The average Bonchev–Trinajstić information content (AvgIpc) is 1.66. The number of aromatic amines is 4. The minimum atomic E-state index is -0.519. The number of nitrogen functional groups attached to an aromatic ring is 4. The van der Waals surface area contributed by atoms with Gasteiger partial charge in [-0.15, -0.1) is 0 Å². The molecule has 0 radical (unpaired) electrons. The number of hydrogen-bond acceptors (Lipinski definition) is 24. The molecular formula is C104H146N28O10. The van der Waals surface area contributed by atoms with E-state index < -0.39 is 28.7 Å². The van der Waals surface area contributed by atoms with Gasteiger partial charge in [0.2, 0.25) is 23.7 Å². The van der Waals surface area contributed by atoms with Crippen molar-refractivity contribution >= 4 is 91.3 Å². The predicted molar refractivity (Wildman–Crippen MR) is 567 cm³/mol. The normalized spacial score (nSPS) is 11.9. The highest BCUT2D eigenvalue weighted by molar-refractivity contribution is 5.94. The molecule has 1 atom stereocenters. The number of nitrogens with two attached hydrogens (primary N) is 5. The summed E-state index contributed by atoms with van der Waals surface area (Å²) in [4.78, 5) is 153. The molecule has 0 saturated carbocycles. The van der Waals surface area contributed by atoms with Crippen LogP contribution in [0.1, 0.15) is 289 Å². The molecule has 1 aliphatic heterocycles. The monoisotopic (exact) mass is 1950 g/mol. The molecule has 0 aliphatic carbocycles. The summed E-state index contributed by atoms with van der Waals surface area (Å²) in [5.41, 5.74) is 33.7. The zero-order valence-corrected chi connectivity index (χ0v) is 87.5. The second-order valence-corrected chi connectivity index (χ2v) is 37.5. The number of nitrogens with zero attached hydrogens (tertiary/aromatic N) is 13. The highest BCUT2D eigenvalue weighted by Crippen LogP contribution is 2.29. The smallest absolute Gasteiger partial charge is 0.328 e. The zero-order valence-electron chi connectivity index (χ0n) is 87.5. The van der Waals surface area contributed by atoms with Gasteiger partial charge in [-0.3, -0.25) is 67.5 Å². The molecule has 20 N–H and O–H groups in total. The molecule has 38 heteroatoms. The summed E-state index contributed by atoms with van der Waals surface area (Å²) in [7, 11) is 0. The SMILES string of the molecule is CC(C)C(=O)CCC#Cc1cn(C(C)C)c2nc(N)[nH]c(=O)c12.CC(C)C(=O)NCC#Cc1cn(C(C)C)c(=O)[nH]c1=O.CC(C)C(=O)NCC#Cc1cn(C(C)C)c2ncnc(N)c12.CC(C)CCC#Cc1cn(C(C)C)c2nc(N)[nH]c(=O)c12.CC(C)NCC#CC1=CN(C(C)C)C(=O)NC1N.CC(C)NCC#Cc1cn(C(C)C)c(=O)[nH]c1=O.CC(C)NCC#Cc1cn(C(C)C)c2ncnc(N)c12. The first-order valence-corrected chi connectivity index (χ1v) is 47.8. The van der Waals surface area contributed by atoms with Gasteiger partial charge in [0, 0.05) is 141 Å². The van der Waals surface area contributed by atoms with Crippen molar-refractivity contribution in [3.05, 3.63) is 157 Å². The number of carbonyl (C=O) groups excluding carboxylic acids is 4. The number of nitrogens with one attached hydrogen (secondary N) is 10. The van der Waals surface area contributed by atoms with E-state index in [0.717, 1.165) is 57.2 Å². The fourth-order valence-corrected chi connectivity index (χ4v) is 12.8. The molecule has 38 nitrogen and oxygen atoms in total. The Morgan fingerprint density at radius 1 is 0.366 bits per heavy atom. The Kier molecular flexibility index (Phi) is 47.1. The summed E-state index contributed by atoms with van der Waals surface area (Å²) >= 11 is 0. The van der Waals surface area contributed by atoms with Crippen molar-refractivity contribution in [2.24, 2.45) is 29.4 Å². The Morgan fingerprint density at radius 2 is 0.690 bits per heavy atom. The topological polar surface area (TPSA) is 546 Å². The largest absolute Gasteiger partial charge is 0.383 e. The Morgan fingerprint density at radius 3 is 1.03 bits per heavy atom. The number of urea groups is 1. The molecule has 142 heavy (non-hydrogen) atoms. The third-order valence-electron chi connectivity index (χ3n) is 20.7. The van der Waals surface area contributed by atoms with Gasteiger partial charge in [-0.2, -0.15) is 9.97 Å². The van der Waals surface area contributed by atoms with Gasteiger partial charge in [0.1, 0.15) is 58.7 Å². The molecule has 0 bridgehead atoms. The molecule has 0 aromatic carbocycles. The minimum absolute atomic E-state index is 0.0105. The van der Waals surface area contributed by atoms with E-state index in [1.807, 2.05) is 149 Å². The number of Topliss-reactive ketones (excluding diaryl/α,β-unsaturated/α-hetero) is 1. The summed E-state index contributed by atoms with van der Waals surface area (Å²) in [5.74, 6) is 43.2. The number of rotatable bonds is 22. The van der Waals surface area contributed by atoms with Crippen LogP contribution in [0.4, 0.5) is 28.3 Å². The second-order valence-electron chi connectivity index (χ2n) is 37.5. The molecule has 10 aromatic rings. The predicted octanol–water partition coefficient (Wildman–Crippen LogP) is 9.88. The lowest BCUT2D eigenvalue weighted by Crippen LogP contribution is -2.53. The molecule has 1 unspecified atom stereocenters. The van der Waals surface area contributed by atoms with Crippen LogP contribution in [0.3, 0.4) is 0 Å². The third kappa shape index (κ3) is 36.3. The summed E-state index contributed by atoms with van der Waals surface area (Å²) in [6, 6.07) is 1.87. The summed E-state index contributed by atoms with van der Waals surface area (Å²) in [6.45, 7) is 57.7. The van der Waals surface area contributed by atoms with Crippen LogP contribution in [0.5, 0.6) is 0 Å². The van der Waals surface area contributed by atoms with Crippen LogP contribution >= 0.6 is 0 Å². The molecule has 0 saturated heterocycles. The third-order valence-corrected chi connectivity index (χ3v) is 20.7. The van der Waals surface area contributed by atoms with Crippen molar-refractivity contribution in [1.82, 2.24) is 114 Å². The molecule has 1 aliphatic rings. The Balaban J connectivity index is 0.000000292. The fourth-order valence-electron chi connectivity index (χ4n) is 12.8. The Bertz CT molecular complexity index is 6920. The first-order chi connectivity index (χ1) is 66.8. The van der Waals surface area contributed by atoms with Gasteiger partial charge in [0.15, 0.2) is 11.3 Å². The standard InChI is InChI=1S/C17H22N4O2.C16H21N5O.C16H22N4O.C15H21N5.C14H19N3O3.C13H22N4O.C13H19N3O2/c1-10(2)13(22)8-6-5-7-12-9-21(11(3)4)15-14(12)16(23)20-17(18)19-15;1-10(2)16(22)18-7-5-6-12-8-21(11(3)4)15-13(12)14(17)19-9-20-15;1-10(2)7-5-6-8-12-9-20(11(3)4)14-13(12)15(21)19-16(17)18-14;1-10(2)17-7-5-6-12-8-20(11(3)4)15-13(12)14(16)18-9-19-15;1-9(2)12(18)15-7-5-6-11-8-17(10(3)4)14(20)16-13(11)19;1-9(2)15-7-5-6-11-8-17(10(3)4)13(18)16-12(11)14;1-9(2)14-7-5-6-11-8-16(10(3)4)13(18)15-12(11)17/h9-11H,6,8H2,1-4H3,(H3,18,19,20,23);8-11H,7H2,1-4H3,(H,18,22)(H2,17,19,20);9-11H,5,7H2,1-4H3,(H3,17,18,19,21);8-11,17H,7H2,1-4H3,(H2,16,18,19);8-10H,7H2,1-4H3,(H,15,18)(H,16,19,20);8-10,12,15H,7,14H2,1-4H3,(H,16,18);8-10,14H,7H2,1-4H3,(H,15,17,18). The lowest BCUT2D eigenvalue weighted by molar-refractivity contribution is -0.124. The van der Waals surface area contributed by atoms with E-state index in [1.165, 1.54) is 34.2 Å². The first kappa shape index (κ1) is 118. The van der Waals surface area contributed by atoms with E-state index >= 15 is 0 Å². The van der Waals surface area contributed by atoms with Crippen LogP contribution in [-0.4, -0.2) is 169 Å².